The minimum absolute atomic E-state index is 0.479. The Balaban J connectivity index is 2.25. The zero-order chi connectivity index (χ0) is 13.7. The summed E-state index contributed by atoms with van der Waals surface area (Å²) in [5, 5.41) is 0. The number of benzene rings is 2. The highest BCUT2D eigenvalue weighted by Crippen LogP contribution is 2.39. The maximum absolute atomic E-state index is 9.63. The van der Waals surface area contributed by atoms with E-state index in [-0.39, 0.29) is 0 Å². The van der Waals surface area contributed by atoms with Crippen LogP contribution in [0, 0.1) is 0 Å². The van der Waals surface area contributed by atoms with Gasteiger partial charge in [0.1, 0.15) is 0 Å². The van der Waals surface area contributed by atoms with Crippen LogP contribution in [0.5, 0.6) is 0 Å². The van der Waals surface area contributed by atoms with E-state index in [1.165, 1.54) is 0 Å². The van der Waals surface area contributed by atoms with Gasteiger partial charge in [-0.25, -0.2) is 0 Å². The fourth-order valence-electron chi connectivity index (χ4n) is 1.76. The Morgan fingerprint density at radius 1 is 0.684 bits per heavy atom. The molecule has 0 saturated carbocycles. The molecule has 2 rings (SSSR count). The summed E-state index contributed by atoms with van der Waals surface area (Å²) in [4.78, 5) is 28.9. The molecule has 0 atom stereocenters. The van der Waals surface area contributed by atoms with Gasteiger partial charge in [0.05, 0.1) is 0 Å². The van der Waals surface area contributed by atoms with E-state index in [2.05, 4.69) is 0 Å². The quantitative estimate of drug-likeness (QED) is 0.760. The van der Waals surface area contributed by atoms with E-state index in [0.717, 1.165) is 11.1 Å². The van der Waals surface area contributed by atoms with Crippen LogP contribution in [0.25, 0.3) is 0 Å². The number of rotatable bonds is 4. The van der Waals surface area contributed by atoms with Gasteiger partial charge in [0.2, 0.25) is 0 Å². The molecule has 0 spiro atoms. The summed E-state index contributed by atoms with van der Waals surface area (Å²) in [6.07, 6.45) is 0. The van der Waals surface area contributed by atoms with Crippen LogP contribution in [0.3, 0.4) is 0 Å². The number of hydrogen-bond donors (Lipinski definition) is 3. The first-order valence-corrected chi connectivity index (χ1v) is 9.70. The Morgan fingerprint density at radius 3 is 1.37 bits per heavy atom. The minimum atomic E-state index is -3.83. The zero-order valence-electron chi connectivity index (χ0n) is 10.4. The van der Waals surface area contributed by atoms with Crippen LogP contribution < -0.4 is 0 Å². The van der Waals surface area contributed by atoms with E-state index >= 15 is 0 Å². The molecule has 0 fully saturated rings. The van der Waals surface area contributed by atoms with Crippen molar-refractivity contribution in [3.05, 3.63) is 71.8 Å². The SMILES string of the molecule is OP(O)(O)=S(Cc1ccccc1)Cc1ccccc1. The molecule has 3 N–H and O–H groups in total. The second-order valence-electron chi connectivity index (χ2n) is 4.24. The molecular weight excluding hydrogens is 279 g/mol. The molecule has 0 amide bonds. The van der Waals surface area contributed by atoms with E-state index in [0.29, 0.717) is 11.5 Å². The third-order valence-corrected chi connectivity index (χ3v) is 7.58. The van der Waals surface area contributed by atoms with Crippen molar-refractivity contribution in [2.75, 3.05) is 0 Å². The van der Waals surface area contributed by atoms with Crippen molar-refractivity contribution in [1.29, 1.82) is 0 Å². The molecule has 3 nitrogen and oxygen atoms in total. The average Bonchev–Trinajstić information content (AvgIpc) is 2.39. The van der Waals surface area contributed by atoms with Gasteiger partial charge in [-0.05, 0) is 11.1 Å². The topological polar surface area (TPSA) is 60.7 Å². The van der Waals surface area contributed by atoms with E-state index < -0.39 is 16.8 Å². The van der Waals surface area contributed by atoms with Gasteiger partial charge in [0, 0.05) is 11.5 Å². The Hall–Kier alpha value is -0.900. The normalized spacial score (nSPS) is 11.8. The van der Waals surface area contributed by atoms with Crippen molar-refractivity contribution in [2.45, 2.75) is 11.5 Å². The van der Waals surface area contributed by atoms with Crippen molar-refractivity contribution >= 4 is 16.8 Å². The molecule has 2 aromatic rings. The van der Waals surface area contributed by atoms with Gasteiger partial charge in [-0.1, -0.05) is 60.7 Å². The molecule has 5 heteroatoms. The summed E-state index contributed by atoms with van der Waals surface area (Å²) < 4.78 is 0. The van der Waals surface area contributed by atoms with E-state index in [1.54, 1.807) is 0 Å². The molecule has 2 aromatic carbocycles. The molecule has 0 saturated heterocycles. The van der Waals surface area contributed by atoms with E-state index in [9.17, 15) is 14.7 Å². The second-order valence-corrected chi connectivity index (χ2v) is 9.78. The first-order valence-electron chi connectivity index (χ1n) is 5.89. The molecule has 102 valence electrons. The van der Waals surface area contributed by atoms with Crippen LogP contribution >= 0.6 is 6.72 Å². The van der Waals surface area contributed by atoms with Gasteiger partial charge in [-0.2, -0.15) is 0 Å². The molecule has 19 heavy (non-hydrogen) atoms. The maximum atomic E-state index is 9.63. The van der Waals surface area contributed by atoms with Crippen LogP contribution in [0.4, 0.5) is 0 Å². The third-order valence-electron chi connectivity index (χ3n) is 2.70. The molecule has 0 radical (unpaired) electrons. The summed E-state index contributed by atoms with van der Waals surface area (Å²) in [6, 6.07) is 19.2. The summed E-state index contributed by atoms with van der Waals surface area (Å²) >= 11 is 0. The Labute approximate surface area is 115 Å². The lowest BCUT2D eigenvalue weighted by molar-refractivity contribution is 0.362. The Morgan fingerprint density at radius 2 is 1.05 bits per heavy atom. The van der Waals surface area contributed by atoms with Gasteiger partial charge in [-0.3, -0.25) is 0 Å². The van der Waals surface area contributed by atoms with Gasteiger partial charge < -0.3 is 14.7 Å². The first-order chi connectivity index (χ1) is 9.05. The molecule has 0 unspecified atom stereocenters. The summed E-state index contributed by atoms with van der Waals surface area (Å²) in [6.45, 7) is -3.83. The lowest BCUT2D eigenvalue weighted by Crippen LogP contribution is -2.02. The van der Waals surface area contributed by atoms with Crippen LogP contribution in [-0.2, 0) is 21.6 Å². The lowest BCUT2D eigenvalue weighted by Gasteiger charge is -2.15. The maximum Gasteiger partial charge on any atom is 0.277 e. The van der Waals surface area contributed by atoms with Gasteiger partial charge in [0.25, 0.3) is 6.72 Å². The molecule has 0 aliphatic heterocycles. The summed E-state index contributed by atoms with van der Waals surface area (Å²) in [7, 11) is -0.866. The molecule has 0 heterocycles. The summed E-state index contributed by atoms with van der Waals surface area (Å²) in [5.41, 5.74) is 2.01. The highest BCUT2D eigenvalue weighted by Gasteiger charge is 2.13. The highest BCUT2D eigenvalue weighted by atomic mass is 32.5. The van der Waals surface area contributed by atoms with Gasteiger partial charge >= 0.3 is 0 Å². The lowest BCUT2D eigenvalue weighted by atomic mass is 10.2. The molecule has 0 bridgehead atoms. The Bertz CT molecular complexity index is 526. The zero-order valence-corrected chi connectivity index (χ0v) is 12.1. The van der Waals surface area contributed by atoms with Crippen LogP contribution in [-0.4, -0.2) is 14.7 Å². The molecule has 0 aliphatic carbocycles. The van der Waals surface area contributed by atoms with Crippen molar-refractivity contribution in [3.8, 4) is 0 Å². The van der Waals surface area contributed by atoms with E-state index in [4.69, 9.17) is 0 Å². The molecule has 0 aromatic heterocycles. The van der Waals surface area contributed by atoms with Crippen molar-refractivity contribution in [1.82, 2.24) is 0 Å². The predicted molar refractivity (Wildman–Crippen MR) is 81.2 cm³/mol. The molecule has 0 aliphatic rings. The van der Waals surface area contributed by atoms with Crippen molar-refractivity contribution in [2.24, 2.45) is 0 Å². The number of hydrogen-bond acceptors (Lipinski definition) is 0. The largest absolute Gasteiger partial charge is 0.329 e. The van der Waals surface area contributed by atoms with Gasteiger partial charge in [-0.15, -0.1) is 10.1 Å². The fourth-order valence-corrected chi connectivity index (χ4v) is 5.29. The molecular formula is C14H17O3PS. The third kappa shape index (κ3) is 4.60. The van der Waals surface area contributed by atoms with Crippen molar-refractivity contribution < 1.29 is 14.7 Å². The Kier molecular flexibility index (Phi) is 4.97. The predicted octanol–water partition coefficient (Wildman–Crippen LogP) is 2.66. The van der Waals surface area contributed by atoms with E-state index in [1.807, 2.05) is 60.7 Å². The second kappa shape index (κ2) is 6.51. The standard InChI is InChI=1S/C14H17O3PS/c15-18(16,17)19(11-13-7-3-1-4-8-13)12-14-9-5-2-6-10-14/h1-10,15-17H,11-12H2. The van der Waals surface area contributed by atoms with Crippen LogP contribution in [0.2, 0.25) is 0 Å². The fraction of sp³-hybridized carbons (Fsp3) is 0.143. The minimum Gasteiger partial charge on any atom is -0.329 e. The van der Waals surface area contributed by atoms with Gasteiger partial charge in [0.15, 0.2) is 0 Å². The summed E-state index contributed by atoms with van der Waals surface area (Å²) in [5.74, 6) is 0.958. The monoisotopic (exact) mass is 296 g/mol. The first kappa shape index (κ1) is 14.5. The highest BCUT2D eigenvalue weighted by molar-refractivity contribution is 8.26. The smallest absolute Gasteiger partial charge is 0.277 e. The van der Waals surface area contributed by atoms with Crippen LogP contribution in [0.1, 0.15) is 11.1 Å². The van der Waals surface area contributed by atoms with Crippen molar-refractivity contribution in [3.63, 3.8) is 0 Å². The van der Waals surface area contributed by atoms with Crippen LogP contribution in [0.15, 0.2) is 60.7 Å². The average molecular weight is 296 g/mol.